The lowest BCUT2D eigenvalue weighted by Crippen LogP contribution is -2.59. The molecule has 3 aromatic rings. The summed E-state index contributed by atoms with van der Waals surface area (Å²) in [6, 6.07) is 9.94. The molecule has 33 heavy (non-hydrogen) atoms. The number of piperazine rings is 1. The highest BCUT2D eigenvalue weighted by Crippen LogP contribution is 2.45. The number of H-pyrrole nitrogens is 1. The van der Waals surface area contributed by atoms with Crippen LogP contribution >= 0.6 is 0 Å². The average Bonchev–Trinajstić information content (AvgIpc) is 3.43. The van der Waals surface area contributed by atoms with Gasteiger partial charge in [0, 0.05) is 25.2 Å². The number of aromatic amines is 1. The van der Waals surface area contributed by atoms with Crippen molar-refractivity contribution in [3.63, 3.8) is 0 Å². The molecule has 11 nitrogen and oxygen atoms in total. The Balaban J connectivity index is 1.41. The van der Waals surface area contributed by atoms with Crippen LogP contribution in [-0.2, 0) is 4.79 Å². The van der Waals surface area contributed by atoms with Gasteiger partial charge in [-0.05, 0) is 25.0 Å². The van der Waals surface area contributed by atoms with Crippen LogP contribution in [0.2, 0.25) is 0 Å². The van der Waals surface area contributed by atoms with Gasteiger partial charge in [-0.25, -0.2) is 4.98 Å². The average molecular weight is 450 g/mol. The van der Waals surface area contributed by atoms with Crippen LogP contribution < -0.4 is 4.73 Å². The molecule has 2 fully saturated rings. The van der Waals surface area contributed by atoms with Crippen molar-refractivity contribution in [2.24, 2.45) is 0 Å². The summed E-state index contributed by atoms with van der Waals surface area (Å²) in [7, 11) is 0. The number of fused-ring (bicyclic) bond motifs is 1. The van der Waals surface area contributed by atoms with Crippen LogP contribution in [0.5, 0.6) is 0 Å². The minimum Gasteiger partial charge on any atom is -0.350 e. The van der Waals surface area contributed by atoms with Crippen LogP contribution in [0.3, 0.4) is 0 Å². The molecule has 2 N–H and O–H groups in total. The first-order valence-electron chi connectivity index (χ1n) is 10.4. The van der Waals surface area contributed by atoms with Gasteiger partial charge in [0.05, 0.1) is 22.1 Å². The van der Waals surface area contributed by atoms with E-state index in [-0.39, 0.29) is 35.6 Å². The normalized spacial score (nSPS) is 16.7. The van der Waals surface area contributed by atoms with E-state index in [4.69, 9.17) is 0 Å². The molecule has 0 atom stereocenters. The number of nitrogens with zero attached hydrogens (tertiary/aromatic N) is 4. The largest absolute Gasteiger partial charge is 0.350 e. The monoisotopic (exact) mass is 450 g/mol. The van der Waals surface area contributed by atoms with E-state index in [1.165, 1.54) is 11.1 Å². The quantitative estimate of drug-likeness (QED) is 0.153. The molecule has 1 saturated carbocycles. The molecule has 2 aliphatic rings. The number of aromatic nitrogens is 2. The van der Waals surface area contributed by atoms with E-state index in [0.29, 0.717) is 29.7 Å². The van der Waals surface area contributed by atoms with Gasteiger partial charge in [-0.2, -0.15) is 0 Å². The van der Waals surface area contributed by atoms with Crippen molar-refractivity contribution in [3.8, 4) is 0 Å². The van der Waals surface area contributed by atoms with E-state index < -0.39 is 27.8 Å². The van der Waals surface area contributed by atoms with Crippen molar-refractivity contribution >= 4 is 34.3 Å². The molecule has 3 heterocycles. The van der Waals surface area contributed by atoms with Gasteiger partial charge in [-0.1, -0.05) is 22.9 Å². The summed E-state index contributed by atoms with van der Waals surface area (Å²) >= 11 is 0. The molecule has 1 spiro atoms. The van der Waals surface area contributed by atoms with Gasteiger partial charge in [-0.15, -0.1) is 0 Å². The summed E-state index contributed by atoms with van der Waals surface area (Å²) in [6.07, 6.45) is 3.60. The topological polar surface area (TPSA) is 141 Å². The van der Waals surface area contributed by atoms with Crippen molar-refractivity contribution in [2.75, 3.05) is 19.6 Å². The Bertz CT molecular complexity index is 1310. The van der Waals surface area contributed by atoms with Crippen LogP contribution in [0, 0.1) is 10.1 Å². The zero-order valence-electron chi connectivity index (χ0n) is 17.4. The number of hydrogen-bond acceptors (Lipinski definition) is 6. The number of pyridine rings is 1. The van der Waals surface area contributed by atoms with Crippen molar-refractivity contribution in [2.45, 2.75) is 18.4 Å². The molecule has 2 amide bonds. The minimum absolute atomic E-state index is 0.0558. The Hall–Kier alpha value is -4.28. The molecule has 0 bridgehead atoms. The van der Waals surface area contributed by atoms with Crippen molar-refractivity contribution in [1.82, 2.24) is 14.8 Å². The van der Waals surface area contributed by atoms with Crippen molar-refractivity contribution in [1.29, 1.82) is 0 Å². The second-order valence-electron chi connectivity index (χ2n) is 8.33. The molecule has 2 aromatic heterocycles. The fourth-order valence-corrected chi connectivity index (χ4v) is 4.52. The number of carbonyl (C=O) groups excluding carboxylic acids is 3. The number of benzene rings is 1. The van der Waals surface area contributed by atoms with E-state index in [2.05, 4.69) is 4.98 Å². The van der Waals surface area contributed by atoms with Gasteiger partial charge in [0.15, 0.2) is 5.39 Å². The third-order valence-electron chi connectivity index (χ3n) is 6.39. The highest BCUT2D eigenvalue weighted by molar-refractivity contribution is 6.45. The Labute approximate surface area is 186 Å². The van der Waals surface area contributed by atoms with Gasteiger partial charge >= 0.3 is 5.65 Å². The van der Waals surface area contributed by atoms with Gasteiger partial charge in [0.25, 0.3) is 23.3 Å². The van der Waals surface area contributed by atoms with Gasteiger partial charge < -0.3 is 15.0 Å². The standard InChI is InChI=1S/C22H19N5O6/c28-18(15-12-23-19-17(15)16(27(32)33)6-9-26(19)31)21(30)25-11-10-24(13-22(25)7-8-22)20(29)14-4-2-1-3-5-14/h1-6,9,12,31H,7-8,10-11,13H2/p+1. The molecule has 11 heteroatoms. The van der Waals surface area contributed by atoms with Crippen LogP contribution in [0.1, 0.15) is 33.6 Å². The van der Waals surface area contributed by atoms with Gasteiger partial charge in [0.1, 0.15) is 12.4 Å². The molecule has 1 saturated heterocycles. The third-order valence-corrected chi connectivity index (χ3v) is 6.39. The van der Waals surface area contributed by atoms with Crippen LogP contribution in [0.4, 0.5) is 5.69 Å². The van der Waals surface area contributed by atoms with E-state index in [9.17, 15) is 29.7 Å². The maximum Gasteiger partial charge on any atom is 0.333 e. The highest BCUT2D eigenvalue weighted by Gasteiger charge is 2.55. The second kappa shape index (κ2) is 7.40. The van der Waals surface area contributed by atoms with Crippen LogP contribution in [0.15, 0.2) is 48.8 Å². The molecule has 1 aliphatic heterocycles. The Kier molecular flexibility index (Phi) is 4.62. The van der Waals surface area contributed by atoms with Crippen LogP contribution in [-0.4, -0.2) is 67.7 Å². The summed E-state index contributed by atoms with van der Waals surface area (Å²) in [6.45, 7) is 0.789. The highest BCUT2D eigenvalue weighted by atomic mass is 16.6. The maximum atomic E-state index is 13.2. The molecular weight excluding hydrogens is 430 g/mol. The van der Waals surface area contributed by atoms with Crippen molar-refractivity contribution in [3.05, 3.63) is 70.0 Å². The number of amides is 2. The van der Waals surface area contributed by atoms with E-state index in [1.54, 1.807) is 29.2 Å². The van der Waals surface area contributed by atoms with E-state index in [1.807, 2.05) is 6.07 Å². The predicted molar refractivity (Wildman–Crippen MR) is 113 cm³/mol. The SMILES string of the molecule is O=C(C(=O)N1CCN(C(=O)c2ccccc2)CC12CC2)c1c[nH]c2c1c([N+](=O)[O-])cc[n+]2O. The zero-order chi connectivity index (χ0) is 23.3. The van der Waals surface area contributed by atoms with E-state index in [0.717, 1.165) is 12.3 Å². The molecular formula is C22H20N5O6+. The molecule has 1 aromatic carbocycles. The summed E-state index contributed by atoms with van der Waals surface area (Å²) in [5.74, 6) is -1.80. The van der Waals surface area contributed by atoms with E-state index >= 15 is 0 Å². The number of nitrogens with one attached hydrogen (secondary N) is 1. The Morgan fingerprint density at radius 2 is 1.85 bits per heavy atom. The first kappa shape index (κ1) is 20.6. The fourth-order valence-electron chi connectivity index (χ4n) is 4.52. The summed E-state index contributed by atoms with van der Waals surface area (Å²) < 4.78 is 0.625. The number of nitro groups is 1. The number of ketones is 1. The minimum atomic E-state index is -0.898. The Morgan fingerprint density at radius 1 is 1.12 bits per heavy atom. The van der Waals surface area contributed by atoms with Gasteiger partial charge in [-0.3, -0.25) is 24.5 Å². The fraction of sp³-hybridized carbons (Fsp3) is 0.273. The second-order valence-corrected chi connectivity index (χ2v) is 8.33. The summed E-state index contributed by atoms with van der Waals surface area (Å²) in [5, 5.41) is 21.3. The predicted octanol–water partition coefficient (Wildman–Crippen LogP) is 1.30. The summed E-state index contributed by atoms with van der Waals surface area (Å²) in [4.78, 5) is 55.8. The smallest absolute Gasteiger partial charge is 0.333 e. The molecule has 0 unspecified atom stereocenters. The molecule has 1 aliphatic carbocycles. The maximum absolute atomic E-state index is 13.2. The summed E-state index contributed by atoms with van der Waals surface area (Å²) in [5.41, 5.74) is -0.673. The lowest BCUT2D eigenvalue weighted by molar-refractivity contribution is -0.886. The lowest BCUT2D eigenvalue weighted by Gasteiger charge is -2.41. The van der Waals surface area contributed by atoms with Crippen LogP contribution in [0.25, 0.3) is 11.0 Å². The number of rotatable bonds is 4. The third kappa shape index (κ3) is 3.28. The van der Waals surface area contributed by atoms with Crippen molar-refractivity contribution < 1.29 is 29.2 Å². The molecule has 5 rings (SSSR count). The van der Waals surface area contributed by atoms with Gasteiger partial charge in [0.2, 0.25) is 0 Å². The number of Topliss-reactive ketones (excluding diaryl/α,β-unsaturated/α-hetero) is 1. The number of hydrogen-bond donors (Lipinski definition) is 2. The number of carbonyl (C=O) groups is 3. The first-order valence-corrected chi connectivity index (χ1v) is 10.4. The Morgan fingerprint density at radius 3 is 2.52 bits per heavy atom. The molecule has 168 valence electrons. The first-order chi connectivity index (χ1) is 15.8. The molecule has 0 radical (unpaired) electrons. The lowest BCUT2D eigenvalue weighted by atomic mass is 10.0. The zero-order valence-corrected chi connectivity index (χ0v) is 17.4.